The summed E-state index contributed by atoms with van der Waals surface area (Å²) in [6.07, 6.45) is 1.10. The van der Waals surface area contributed by atoms with Crippen LogP contribution in [0.5, 0.6) is 0 Å². The second kappa shape index (κ2) is 2.71. The van der Waals surface area contributed by atoms with Gasteiger partial charge in [-0.05, 0) is 18.2 Å². The van der Waals surface area contributed by atoms with Crippen LogP contribution in [0.4, 0.5) is 0 Å². The Balaban J connectivity index is 2.23. The van der Waals surface area contributed by atoms with Crippen molar-refractivity contribution < 1.29 is 4.55 Å². The van der Waals surface area contributed by atoms with Crippen molar-refractivity contribution in [2.45, 2.75) is 6.42 Å². The van der Waals surface area contributed by atoms with Crippen molar-refractivity contribution in [3.8, 4) is 0 Å². The maximum Gasteiger partial charge on any atom is 0.159 e. The van der Waals surface area contributed by atoms with Gasteiger partial charge in [0.25, 0.3) is 0 Å². The molecule has 0 aliphatic carbocycles. The molecule has 1 saturated heterocycles. The fraction of sp³-hybridized carbons (Fsp3) is 1.00. The van der Waals surface area contributed by atoms with Crippen molar-refractivity contribution in [3.63, 3.8) is 0 Å². The van der Waals surface area contributed by atoms with Crippen LogP contribution in [0.25, 0.3) is 0 Å². The molecule has 48 valence electrons. The summed E-state index contributed by atoms with van der Waals surface area (Å²) in [6.45, 7) is 1.12. The highest BCUT2D eigenvalue weighted by molar-refractivity contribution is 7.91. The highest BCUT2D eigenvalue weighted by Crippen LogP contribution is 2.04. The van der Waals surface area contributed by atoms with Crippen LogP contribution >= 0.6 is 0 Å². The van der Waals surface area contributed by atoms with Gasteiger partial charge >= 0.3 is 0 Å². The second-order valence-electron chi connectivity index (χ2n) is 2.21. The average Bonchev–Trinajstić information content (AvgIpc) is 1.64. The highest BCUT2D eigenvalue weighted by atomic mass is 32.2. The lowest BCUT2D eigenvalue weighted by atomic mass is 10.4. The van der Waals surface area contributed by atoms with E-state index < -0.39 is 11.2 Å². The number of rotatable bonds is 0. The van der Waals surface area contributed by atoms with Crippen LogP contribution in [-0.4, -0.2) is 34.7 Å². The first-order valence-electron chi connectivity index (χ1n) is 2.82. The van der Waals surface area contributed by atoms with Crippen LogP contribution < -0.4 is 0 Å². The first kappa shape index (κ1) is 6.39. The SMILES string of the molecule is CN1CCC[S+]([O-])C1. The Morgan fingerprint density at radius 3 is 2.75 bits per heavy atom. The van der Waals surface area contributed by atoms with Gasteiger partial charge in [-0.1, -0.05) is 0 Å². The molecule has 3 heteroatoms. The predicted octanol–water partition coefficient (Wildman–Crippen LogP) is 0.0281. The van der Waals surface area contributed by atoms with Gasteiger partial charge in [-0.15, -0.1) is 0 Å². The van der Waals surface area contributed by atoms with Gasteiger partial charge in [0, 0.05) is 13.0 Å². The van der Waals surface area contributed by atoms with Crippen LogP contribution in [-0.2, 0) is 11.2 Å². The van der Waals surface area contributed by atoms with E-state index in [1.54, 1.807) is 0 Å². The van der Waals surface area contributed by atoms with E-state index in [1.165, 1.54) is 0 Å². The zero-order valence-corrected chi connectivity index (χ0v) is 5.91. The van der Waals surface area contributed by atoms with E-state index in [4.69, 9.17) is 0 Å². The summed E-state index contributed by atoms with van der Waals surface area (Å²) in [7, 11) is 2.01. The van der Waals surface area contributed by atoms with Gasteiger partial charge in [0.2, 0.25) is 0 Å². The summed E-state index contributed by atoms with van der Waals surface area (Å²) >= 11 is -0.544. The molecule has 0 saturated carbocycles. The maximum atomic E-state index is 10.7. The molecule has 2 nitrogen and oxygen atoms in total. The Morgan fingerprint density at radius 2 is 2.38 bits per heavy atom. The predicted molar refractivity (Wildman–Crippen MR) is 35.1 cm³/mol. The van der Waals surface area contributed by atoms with Gasteiger partial charge < -0.3 is 4.55 Å². The lowest BCUT2D eigenvalue weighted by molar-refractivity contribution is 0.365. The first-order valence-corrected chi connectivity index (χ1v) is 4.31. The molecule has 1 fully saturated rings. The van der Waals surface area contributed by atoms with Crippen molar-refractivity contribution >= 4 is 11.2 Å². The van der Waals surface area contributed by atoms with Crippen LogP contribution in [0.1, 0.15) is 6.42 Å². The monoisotopic (exact) mass is 133 g/mol. The highest BCUT2D eigenvalue weighted by Gasteiger charge is 2.15. The molecule has 1 aliphatic heterocycles. The summed E-state index contributed by atoms with van der Waals surface area (Å²) in [5, 5.41) is 0. The Morgan fingerprint density at radius 1 is 1.62 bits per heavy atom. The lowest BCUT2D eigenvalue weighted by Crippen LogP contribution is -2.34. The van der Waals surface area contributed by atoms with Gasteiger partial charge in [-0.25, -0.2) is 0 Å². The zero-order chi connectivity index (χ0) is 5.98. The Kier molecular flexibility index (Phi) is 2.16. The molecular weight excluding hydrogens is 122 g/mol. The van der Waals surface area contributed by atoms with E-state index >= 15 is 0 Å². The maximum absolute atomic E-state index is 10.7. The van der Waals surface area contributed by atoms with Crippen LogP contribution in [0.15, 0.2) is 0 Å². The standard InChI is InChI=1S/C5H11NOS/c1-6-3-2-4-8(7)5-6/h2-5H2,1H3. The summed E-state index contributed by atoms with van der Waals surface area (Å²) in [5.74, 6) is 1.68. The van der Waals surface area contributed by atoms with Gasteiger partial charge in [0.15, 0.2) is 5.88 Å². The molecule has 1 heterocycles. The molecule has 1 atom stereocenters. The average molecular weight is 133 g/mol. The quantitative estimate of drug-likeness (QED) is 0.436. The fourth-order valence-corrected chi connectivity index (χ4v) is 2.07. The summed E-state index contributed by atoms with van der Waals surface area (Å²) < 4.78 is 10.7. The van der Waals surface area contributed by atoms with Gasteiger partial charge in [-0.2, -0.15) is 0 Å². The van der Waals surface area contributed by atoms with Crippen molar-refractivity contribution in [2.75, 3.05) is 25.2 Å². The minimum absolute atomic E-state index is 0.544. The largest absolute Gasteiger partial charge is 0.615 e. The molecule has 1 unspecified atom stereocenters. The molecule has 0 amide bonds. The third-order valence-electron chi connectivity index (χ3n) is 1.28. The summed E-state index contributed by atoms with van der Waals surface area (Å²) in [4.78, 5) is 2.11. The molecule has 0 aromatic rings. The molecule has 0 aromatic carbocycles. The van der Waals surface area contributed by atoms with Crippen molar-refractivity contribution in [3.05, 3.63) is 0 Å². The molecule has 1 rings (SSSR count). The summed E-state index contributed by atoms with van der Waals surface area (Å²) in [5.41, 5.74) is 0. The Hall–Kier alpha value is 0.270. The topological polar surface area (TPSA) is 26.3 Å². The molecule has 0 N–H and O–H groups in total. The Labute approximate surface area is 53.0 Å². The normalized spacial score (nSPS) is 33.0. The third kappa shape index (κ3) is 1.65. The minimum atomic E-state index is -0.544. The van der Waals surface area contributed by atoms with Gasteiger partial charge in [-0.3, -0.25) is 4.90 Å². The first-order chi connectivity index (χ1) is 3.79. The van der Waals surface area contributed by atoms with E-state index in [1.807, 2.05) is 7.05 Å². The third-order valence-corrected chi connectivity index (χ3v) is 2.75. The molecule has 0 radical (unpaired) electrons. The number of hydrogen-bond donors (Lipinski definition) is 0. The van der Waals surface area contributed by atoms with E-state index in [0.29, 0.717) is 0 Å². The van der Waals surface area contributed by atoms with Crippen LogP contribution in [0, 0.1) is 0 Å². The molecule has 0 spiro atoms. The van der Waals surface area contributed by atoms with Crippen molar-refractivity contribution in [2.24, 2.45) is 0 Å². The van der Waals surface area contributed by atoms with Crippen LogP contribution in [0.3, 0.4) is 0 Å². The lowest BCUT2D eigenvalue weighted by Gasteiger charge is -2.23. The number of hydrogen-bond acceptors (Lipinski definition) is 2. The van der Waals surface area contributed by atoms with E-state index in [-0.39, 0.29) is 0 Å². The smallest absolute Gasteiger partial charge is 0.159 e. The molecule has 0 aromatic heterocycles. The fourth-order valence-electron chi connectivity index (χ4n) is 0.870. The molecule has 8 heavy (non-hydrogen) atoms. The minimum Gasteiger partial charge on any atom is -0.615 e. The van der Waals surface area contributed by atoms with Crippen molar-refractivity contribution in [1.82, 2.24) is 4.90 Å². The van der Waals surface area contributed by atoms with Gasteiger partial charge in [0.1, 0.15) is 5.75 Å². The second-order valence-corrected chi connectivity index (χ2v) is 3.75. The van der Waals surface area contributed by atoms with E-state index in [2.05, 4.69) is 4.90 Å². The van der Waals surface area contributed by atoms with Crippen LogP contribution in [0.2, 0.25) is 0 Å². The van der Waals surface area contributed by atoms with E-state index in [9.17, 15) is 4.55 Å². The number of nitrogens with zero attached hydrogens (tertiary/aromatic N) is 1. The van der Waals surface area contributed by atoms with E-state index in [0.717, 1.165) is 24.6 Å². The molecule has 1 aliphatic rings. The van der Waals surface area contributed by atoms with Gasteiger partial charge in [0.05, 0.1) is 0 Å². The summed E-state index contributed by atoms with van der Waals surface area (Å²) in [6, 6.07) is 0. The molecular formula is C5H11NOS. The van der Waals surface area contributed by atoms with Crippen molar-refractivity contribution in [1.29, 1.82) is 0 Å². The Bertz CT molecular complexity index is 70.8. The zero-order valence-electron chi connectivity index (χ0n) is 5.09. The molecule has 0 bridgehead atoms.